The van der Waals surface area contributed by atoms with Crippen LogP contribution in [-0.4, -0.2) is 0 Å². The molecular weight excluding hydrogens is 192 g/mol. The third kappa shape index (κ3) is 2.78. The minimum atomic E-state index is 0.743. The van der Waals surface area contributed by atoms with Gasteiger partial charge in [-0.15, -0.1) is 6.58 Å². The molecule has 0 aliphatic heterocycles. The Morgan fingerprint density at radius 1 is 1.19 bits per heavy atom. The van der Waals surface area contributed by atoms with Crippen molar-refractivity contribution >= 4 is 0 Å². The van der Waals surface area contributed by atoms with Crippen molar-refractivity contribution < 1.29 is 0 Å². The predicted octanol–water partition coefficient (Wildman–Crippen LogP) is 5.07. The summed E-state index contributed by atoms with van der Waals surface area (Å²) in [4.78, 5) is 0. The minimum Gasteiger partial charge on any atom is -0.103 e. The Bertz CT molecular complexity index is 238. The van der Waals surface area contributed by atoms with E-state index in [0.717, 1.165) is 29.6 Å². The maximum atomic E-state index is 3.99. The van der Waals surface area contributed by atoms with Gasteiger partial charge in [-0.25, -0.2) is 0 Å². The van der Waals surface area contributed by atoms with E-state index in [1.165, 1.54) is 19.3 Å². The highest BCUT2D eigenvalue weighted by Gasteiger charge is 2.37. The van der Waals surface area contributed by atoms with Crippen molar-refractivity contribution in [3.05, 3.63) is 24.8 Å². The summed E-state index contributed by atoms with van der Waals surface area (Å²) >= 11 is 0. The van der Waals surface area contributed by atoms with E-state index in [-0.39, 0.29) is 0 Å². The Labute approximate surface area is 102 Å². The fourth-order valence-corrected chi connectivity index (χ4v) is 3.70. The molecule has 0 heterocycles. The van der Waals surface area contributed by atoms with Crippen LogP contribution in [-0.2, 0) is 0 Å². The fraction of sp³-hybridized carbons (Fsp3) is 0.750. The van der Waals surface area contributed by atoms with Gasteiger partial charge < -0.3 is 0 Å². The van der Waals surface area contributed by atoms with Gasteiger partial charge in [-0.3, -0.25) is 0 Å². The van der Waals surface area contributed by atoms with Crippen LogP contribution in [0, 0.1) is 29.6 Å². The molecule has 0 bridgehead atoms. The third-order valence-electron chi connectivity index (χ3n) is 4.19. The molecule has 2 aliphatic carbocycles. The van der Waals surface area contributed by atoms with Crippen molar-refractivity contribution in [1.82, 2.24) is 0 Å². The largest absolute Gasteiger partial charge is 0.103 e. The second-order valence-electron chi connectivity index (χ2n) is 5.36. The molecule has 0 nitrogen and oxygen atoms in total. The molecule has 0 amide bonds. The van der Waals surface area contributed by atoms with Crippen molar-refractivity contribution in [2.24, 2.45) is 29.6 Å². The van der Waals surface area contributed by atoms with E-state index >= 15 is 0 Å². The van der Waals surface area contributed by atoms with Crippen LogP contribution in [0.1, 0.15) is 47.0 Å². The SMILES string of the molecule is C=C[C@H]1CC=C[C@@H]2C[C@@H](C)C[C@@H](C)[C@@H]21.CC. The lowest BCUT2D eigenvalue weighted by Gasteiger charge is -2.43. The molecule has 2 aliphatic rings. The van der Waals surface area contributed by atoms with E-state index in [4.69, 9.17) is 0 Å². The van der Waals surface area contributed by atoms with Gasteiger partial charge in [-0.05, 0) is 48.9 Å². The van der Waals surface area contributed by atoms with Crippen molar-refractivity contribution in [3.8, 4) is 0 Å². The van der Waals surface area contributed by atoms with Gasteiger partial charge in [-0.2, -0.15) is 0 Å². The number of allylic oxidation sites excluding steroid dienone is 3. The average Bonchev–Trinajstić information content (AvgIpc) is 2.30. The highest BCUT2D eigenvalue weighted by molar-refractivity contribution is 5.07. The van der Waals surface area contributed by atoms with E-state index in [1.807, 2.05) is 13.8 Å². The summed E-state index contributed by atoms with van der Waals surface area (Å²) in [5.74, 6) is 4.27. The summed E-state index contributed by atoms with van der Waals surface area (Å²) < 4.78 is 0. The van der Waals surface area contributed by atoms with Crippen LogP contribution in [0.2, 0.25) is 0 Å². The second kappa shape index (κ2) is 6.27. The van der Waals surface area contributed by atoms with Crippen LogP contribution in [0.25, 0.3) is 0 Å². The predicted molar refractivity (Wildman–Crippen MR) is 73.3 cm³/mol. The number of hydrogen-bond acceptors (Lipinski definition) is 0. The van der Waals surface area contributed by atoms with Crippen molar-refractivity contribution in [1.29, 1.82) is 0 Å². The lowest BCUT2D eigenvalue weighted by atomic mass is 9.61. The molecule has 0 N–H and O–H groups in total. The van der Waals surface area contributed by atoms with Gasteiger partial charge in [0.15, 0.2) is 0 Å². The lowest BCUT2D eigenvalue weighted by molar-refractivity contribution is 0.109. The second-order valence-corrected chi connectivity index (χ2v) is 5.36. The Kier molecular flexibility index (Phi) is 5.31. The van der Waals surface area contributed by atoms with Crippen LogP contribution in [0.3, 0.4) is 0 Å². The molecule has 2 rings (SSSR count). The molecule has 0 saturated heterocycles. The van der Waals surface area contributed by atoms with Crippen molar-refractivity contribution in [2.75, 3.05) is 0 Å². The lowest BCUT2D eigenvalue weighted by Crippen LogP contribution is -2.35. The zero-order valence-corrected chi connectivity index (χ0v) is 11.4. The highest BCUT2D eigenvalue weighted by Crippen LogP contribution is 2.46. The van der Waals surface area contributed by atoms with Gasteiger partial charge in [0, 0.05) is 0 Å². The van der Waals surface area contributed by atoms with Gasteiger partial charge in [0.25, 0.3) is 0 Å². The molecular formula is C16H28. The van der Waals surface area contributed by atoms with Gasteiger partial charge in [0.2, 0.25) is 0 Å². The van der Waals surface area contributed by atoms with E-state index in [9.17, 15) is 0 Å². The third-order valence-corrected chi connectivity index (χ3v) is 4.19. The molecule has 0 spiro atoms. The Morgan fingerprint density at radius 3 is 2.50 bits per heavy atom. The highest BCUT2D eigenvalue weighted by atomic mass is 14.4. The smallest absolute Gasteiger partial charge is 0.0165 e. The van der Waals surface area contributed by atoms with Crippen LogP contribution in [0.5, 0.6) is 0 Å². The first-order valence-electron chi connectivity index (χ1n) is 7.01. The quantitative estimate of drug-likeness (QED) is 0.541. The Morgan fingerprint density at radius 2 is 1.88 bits per heavy atom. The number of fused-ring (bicyclic) bond motifs is 1. The Balaban J connectivity index is 0.000000606. The van der Waals surface area contributed by atoms with Gasteiger partial charge in [0.05, 0.1) is 0 Å². The molecule has 1 saturated carbocycles. The average molecular weight is 220 g/mol. The summed E-state index contributed by atoms with van der Waals surface area (Å²) in [5, 5.41) is 0. The molecule has 0 unspecified atom stereocenters. The first-order valence-corrected chi connectivity index (χ1v) is 7.01. The molecule has 0 aromatic carbocycles. The minimum absolute atomic E-state index is 0.743. The topological polar surface area (TPSA) is 0 Å². The summed E-state index contributed by atoms with van der Waals surface area (Å²) in [5.41, 5.74) is 0. The molecule has 92 valence electrons. The number of rotatable bonds is 1. The van der Waals surface area contributed by atoms with Gasteiger partial charge >= 0.3 is 0 Å². The molecule has 0 heteroatoms. The van der Waals surface area contributed by atoms with E-state index in [1.54, 1.807) is 0 Å². The fourth-order valence-electron chi connectivity index (χ4n) is 3.70. The maximum absolute atomic E-state index is 3.99. The molecule has 0 aromatic heterocycles. The molecule has 16 heavy (non-hydrogen) atoms. The van der Waals surface area contributed by atoms with Crippen LogP contribution in [0.4, 0.5) is 0 Å². The molecule has 5 atom stereocenters. The van der Waals surface area contributed by atoms with Gasteiger partial charge in [-0.1, -0.05) is 45.9 Å². The standard InChI is InChI=1S/C14H22.C2H6/c1-4-12-6-5-7-13-9-10(2)8-11(3)14(12)13;1-2/h4-5,7,10-14H,1,6,8-9H2,2-3H3;1-2H3/t10-,11+,12-,13+,14+;/m0./s1. The zero-order valence-electron chi connectivity index (χ0n) is 11.4. The normalized spacial score (nSPS) is 41.6. The maximum Gasteiger partial charge on any atom is -0.0165 e. The van der Waals surface area contributed by atoms with Crippen molar-refractivity contribution in [3.63, 3.8) is 0 Å². The summed E-state index contributed by atoms with van der Waals surface area (Å²) in [6.45, 7) is 12.8. The van der Waals surface area contributed by atoms with E-state index in [0.29, 0.717) is 0 Å². The van der Waals surface area contributed by atoms with E-state index in [2.05, 4.69) is 38.7 Å². The molecule has 1 fully saturated rings. The van der Waals surface area contributed by atoms with Crippen molar-refractivity contribution in [2.45, 2.75) is 47.0 Å². The summed E-state index contributed by atoms with van der Waals surface area (Å²) in [6.07, 6.45) is 11.1. The molecule has 0 aromatic rings. The first kappa shape index (κ1) is 13.5. The van der Waals surface area contributed by atoms with E-state index < -0.39 is 0 Å². The Hall–Kier alpha value is -0.520. The van der Waals surface area contributed by atoms with Crippen LogP contribution < -0.4 is 0 Å². The first-order chi connectivity index (χ1) is 7.72. The van der Waals surface area contributed by atoms with Crippen LogP contribution in [0.15, 0.2) is 24.8 Å². The monoisotopic (exact) mass is 220 g/mol. The number of hydrogen-bond donors (Lipinski definition) is 0. The summed E-state index contributed by atoms with van der Waals surface area (Å²) in [6, 6.07) is 0. The zero-order chi connectivity index (χ0) is 12.1. The van der Waals surface area contributed by atoms with Gasteiger partial charge in [0.1, 0.15) is 0 Å². The van der Waals surface area contributed by atoms with Crippen LogP contribution >= 0.6 is 0 Å². The summed E-state index contributed by atoms with van der Waals surface area (Å²) in [7, 11) is 0. The molecule has 0 radical (unpaired) electrons.